The van der Waals surface area contributed by atoms with E-state index in [2.05, 4.69) is 10.4 Å². The number of rotatable bonds is 6. The number of nitro groups is 1. The number of nitrogens with one attached hydrogen (secondary N) is 2. The van der Waals surface area contributed by atoms with Gasteiger partial charge in [-0.15, -0.1) is 0 Å². The van der Waals surface area contributed by atoms with Crippen LogP contribution in [0.5, 0.6) is 0 Å². The molecule has 5 rings (SSSR count). The highest BCUT2D eigenvalue weighted by atomic mass is 35.5. The highest BCUT2D eigenvalue weighted by Gasteiger charge is 2.34. The number of aromatic nitrogens is 2. The maximum Gasteiger partial charge on any atom is 0.329 e. The molecule has 1 aliphatic heterocycles. The van der Waals surface area contributed by atoms with Crippen LogP contribution < -0.4 is 10.9 Å². The molecule has 11 heteroatoms. The van der Waals surface area contributed by atoms with Crippen LogP contribution in [0.3, 0.4) is 0 Å². The van der Waals surface area contributed by atoms with Crippen molar-refractivity contribution in [3.8, 4) is 16.9 Å². The summed E-state index contributed by atoms with van der Waals surface area (Å²) in [5, 5.41) is 17.1. The third-order valence-electron chi connectivity index (χ3n) is 6.05. The molecule has 1 aliphatic rings. The molecular weight excluding hydrogens is 510 g/mol. The van der Waals surface area contributed by atoms with Crippen LogP contribution in [0.1, 0.15) is 16.7 Å². The molecule has 0 radical (unpaired) electrons. The first-order valence-corrected chi connectivity index (χ1v) is 11.8. The summed E-state index contributed by atoms with van der Waals surface area (Å²) in [6.45, 7) is 1.99. The van der Waals surface area contributed by atoms with E-state index in [0.717, 1.165) is 16.0 Å². The van der Waals surface area contributed by atoms with Crippen molar-refractivity contribution in [1.29, 1.82) is 0 Å². The van der Waals surface area contributed by atoms with E-state index in [0.29, 0.717) is 22.0 Å². The minimum Gasteiger partial charge on any atom is -0.303 e. The highest BCUT2D eigenvalue weighted by molar-refractivity contribution is 6.30. The van der Waals surface area contributed by atoms with Crippen LogP contribution in [-0.2, 0) is 11.3 Å². The molecule has 0 atom stereocenters. The smallest absolute Gasteiger partial charge is 0.303 e. The summed E-state index contributed by atoms with van der Waals surface area (Å²) in [6, 6.07) is 19.0. The van der Waals surface area contributed by atoms with Gasteiger partial charge in [0, 0.05) is 22.7 Å². The maximum absolute atomic E-state index is 13.5. The third-order valence-corrected chi connectivity index (χ3v) is 6.30. The average Bonchev–Trinajstić information content (AvgIpc) is 3.35. The zero-order valence-electron chi connectivity index (χ0n) is 20.0. The molecule has 2 heterocycles. The molecule has 0 saturated carbocycles. The van der Waals surface area contributed by atoms with E-state index in [4.69, 9.17) is 11.6 Å². The van der Waals surface area contributed by atoms with Gasteiger partial charge in [0.15, 0.2) is 0 Å². The Bertz CT molecular complexity index is 1670. The van der Waals surface area contributed by atoms with Crippen LogP contribution in [0.25, 0.3) is 23.0 Å². The van der Waals surface area contributed by atoms with Crippen LogP contribution in [0.2, 0.25) is 5.02 Å². The summed E-state index contributed by atoms with van der Waals surface area (Å²) in [5.74, 6) is -0.568. The Morgan fingerprint density at radius 3 is 2.37 bits per heavy atom. The van der Waals surface area contributed by atoms with E-state index in [1.54, 1.807) is 24.3 Å². The quantitative estimate of drug-likeness (QED) is 0.160. The summed E-state index contributed by atoms with van der Waals surface area (Å²) < 4.78 is 1.21. The van der Waals surface area contributed by atoms with E-state index in [9.17, 15) is 24.5 Å². The summed E-state index contributed by atoms with van der Waals surface area (Å²) in [7, 11) is 0. The third kappa shape index (κ3) is 4.72. The van der Waals surface area contributed by atoms with Crippen molar-refractivity contribution in [2.45, 2.75) is 13.5 Å². The van der Waals surface area contributed by atoms with Crippen molar-refractivity contribution in [1.82, 2.24) is 20.0 Å². The van der Waals surface area contributed by atoms with Gasteiger partial charge in [0.2, 0.25) is 0 Å². The predicted molar refractivity (Wildman–Crippen MR) is 142 cm³/mol. The zero-order valence-corrected chi connectivity index (χ0v) is 20.7. The Hall–Kier alpha value is -4.96. The van der Waals surface area contributed by atoms with E-state index in [1.807, 2.05) is 31.2 Å². The molecule has 190 valence electrons. The van der Waals surface area contributed by atoms with E-state index < -0.39 is 22.4 Å². The summed E-state index contributed by atoms with van der Waals surface area (Å²) >= 11 is 6.03. The second-order valence-corrected chi connectivity index (χ2v) is 9.13. The van der Waals surface area contributed by atoms with Gasteiger partial charge in [-0.25, -0.2) is 9.48 Å². The topological polar surface area (TPSA) is 130 Å². The van der Waals surface area contributed by atoms with Crippen molar-refractivity contribution < 1.29 is 14.5 Å². The van der Waals surface area contributed by atoms with Crippen LogP contribution in [0.15, 0.2) is 83.3 Å². The van der Waals surface area contributed by atoms with Crippen molar-refractivity contribution >= 4 is 35.3 Å². The summed E-state index contributed by atoms with van der Waals surface area (Å²) in [4.78, 5) is 50.9. The molecule has 1 fully saturated rings. The molecule has 3 amide bonds. The number of carbonyl (C=O) groups is 2. The van der Waals surface area contributed by atoms with Gasteiger partial charge in [-0.3, -0.25) is 29.7 Å². The second kappa shape index (κ2) is 9.83. The SMILES string of the molecule is Cc1cccc(CN2C(=O)NC(=Cc3c(-c4ccc(Cl)cc4)[nH]n(-c4ccc([N+](=O)[O-])cc4)c3=O)C2=O)c1. The number of halogens is 1. The number of benzene rings is 3. The molecule has 3 aromatic carbocycles. The van der Waals surface area contributed by atoms with Gasteiger partial charge in [-0.05, 0) is 42.8 Å². The normalized spacial score (nSPS) is 14.3. The van der Waals surface area contributed by atoms with Gasteiger partial charge in [0.05, 0.1) is 28.4 Å². The van der Waals surface area contributed by atoms with Crippen LogP contribution >= 0.6 is 11.6 Å². The van der Waals surface area contributed by atoms with E-state index in [1.165, 1.54) is 35.0 Å². The number of urea groups is 1. The lowest BCUT2D eigenvalue weighted by Gasteiger charge is -2.12. The molecule has 0 spiro atoms. The van der Waals surface area contributed by atoms with Crippen LogP contribution in [-0.4, -0.2) is 31.5 Å². The Labute approximate surface area is 220 Å². The number of nitrogens with zero attached hydrogens (tertiary/aromatic N) is 3. The maximum atomic E-state index is 13.5. The number of H-pyrrole nitrogens is 1. The fourth-order valence-electron chi connectivity index (χ4n) is 4.18. The van der Waals surface area contributed by atoms with Crippen LogP contribution in [0, 0.1) is 17.0 Å². The molecule has 0 unspecified atom stereocenters. The minimum absolute atomic E-state index is 0.0511. The molecule has 10 nitrogen and oxygen atoms in total. The number of hydrogen-bond donors (Lipinski definition) is 2. The predicted octanol–water partition coefficient (Wildman–Crippen LogP) is 4.80. The van der Waals surface area contributed by atoms with Gasteiger partial charge in [-0.2, -0.15) is 0 Å². The standard InChI is InChI=1S/C27H20ClN5O5/c1-16-3-2-4-17(13-16)15-31-26(35)23(29-27(31)36)14-22-24(18-5-7-19(28)8-6-18)30-32(25(22)34)20-9-11-21(12-10-20)33(37)38/h2-14,30H,15H2,1H3,(H,29,36). The van der Waals surface area contributed by atoms with E-state index in [-0.39, 0.29) is 23.5 Å². The lowest BCUT2D eigenvalue weighted by atomic mass is 10.1. The first-order valence-electron chi connectivity index (χ1n) is 11.5. The number of imide groups is 1. The van der Waals surface area contributed by atoms with Gasteiger partial charge in [0.25, 0.3) is 17.2 Å². The van der Waals surface area contributed by atoms with E-state index >= 15 is 0 Å². The molecule has 38 heavy (non-hydrogen) atoms. The second-order valence-electron chi connectivity index (χ2n) is 8.69. The van der Waals surface area contributed by atoms with Crippen LogP contribution in [0.4, 0.5) is 10.5 Å². The number of aryl methyl sites for hydroxylation is 1. The molecule has 2 N–H and O–H groups in total. The molecule has 0 bridgehead atoms. The van der Waals surface area contributed by atoms with Crippen molar-refractivity contribution in [2.24, 2.45) is 0 Å². The molecule has 1 saturated heterocycles. The zero-order chi connectivity index (χ0) is 27.0. The molecular formula is C27H20ClN5O5. The van der Waals surface area contributed by atoms with Gasteiger partial charge in [0.1, 0.15) is 5.70 Å². The summed E-state index contributed by atoms with van der Waals surface area (Å²) in [6.07, 6.45) is 1.33. The van der Waals surface area contributed by atoms with Crippen molar-refractivity contribution in [3.63, 3.8) is 0 Å². The minimum atomic E-state index is -0.595. The van der Waals surface area contributed by atoms with Gasteiger partial charge in [-0.1, -0.05) is 53.6 Å². The lowest BCUT2D eigenvalue weighted by Crippen LogP contribution is -2.30. The number of carbonyl (C=O) groups excluding carboxylic acids is 2. The fourth-order valence-corrected chi connectivity index (χ4v) is 4.30. The molecule has 1 aromatic heterocycles. The number of nitro benzene ring substituents is 1. The molecule has 0 aliphatic carbocycles. The molecule has 4 aromatic rings. The number of amides is 3. The van der Waals surface area contributed by atoms with Crippen molar-refractivity contribution in [2.75, 3.05) is 0 Å². The van der Waals surface area contributed by atoms with Crippen molar-refractivity contribution in [3.05, 3.63) is 121 Å². The first-order chi connectivity index (χ1) is 18.2. The highest BCUT2D eigenvalue weighted by Crippen LogP contribution is 2.26. The summed E-state index contributed by atoms with van der Waals surface area (Å²) in [5.41, 5.74) is 2.54. The largest absolute Gasteiger partial charge is 0.329 e. The number of non-ortho nitro benzene ring substituents is 1. The Morgan fingerprint density at radius 2 is 1.71 bits per heavy atom. The Kier molecular flexibility index (Phi) is 6.39. The van der Waals surface area contributed by atoms with Gasteiger partial charge >= 0.3 is 6.03 Å². The number of hydrogen-bond acceptors (Lipinski definition) is 5. The fraction of sp³-hybridized carbons (Fsp3) is 0.0741. The van der Waals surface area contributed by atoms with Gasteiger partial charge < -0.3 is 5.32 Å². The Morgan fingerprint density at radius 1 is 1.00 bits per heavy atom. The lowest BCUT2D eigenvalue weighted by molar-refractivity contribution is -0.384. The number of aromatic amines is 1. The Balaban J connectivity index is 1.57. The monoisotopic (exact) mass is 529 g/mol. The average molecular weight is 530 g/mol. The first kappa shape index (κ1) is 24.7.